The first kappa shape index (κ1) is 18.7. The van der Waals surface area contributed by atoms with E-state index in [9.17, 15) is 5.11 Å². The molecular weight excluding hydrogens is 360 g/mol. The van der Waals surface area contributed by atoms with Gasteiger partial charge in [0.15, 0.2) is 0 Å². The largest absolute Gasteiger partial charge is 0.497 e. The summed E-state index contributed by atoms with van der Waals surface area (Å²) in [6.07, 6.45) is 3.56. The molecule has 0 radical (unpaired) electrons. The standard InChI is InChI=1S/C25H30N2O2/c1-16-5-11-21-20(13-16)24-22-12-8-18(26(22)3)14-23(24)27(21)15-25(2,28)17-6-9-19(29-4)10-7-17/h5-7,9-11,13,18,22,28H,8,12,14-15H2,1-4H3/t18?,22?,25-/m0/s1. The van der Waals surface area contributed by atoms with Crippen LogP contribution in [0.1, 0.15) is 48.2 Å². The number of hydrogen-bond donors (Lipinski definition) is 1. The summed E-state index contributed by atoms with van der Waals surface area (Å²) in [4.78, 5) is 2.57. The molecule has 2 aliphatic heterocycles. The normalized spacial score (nSPS) is 23.2. The summed E-state index contributed by atoms with van der Waals surface area (Å²) in [5.41, 5.74) is 5.41. The molecule has 3 atom stereocenters. The maximum atomic E-state index is 11.5. The first-order valence-electron chi connectivity index (χ1n) is 10.6. The van der Waals surface area contributed by atoms with Crippen LogP contribution in [0, 0.1) is 6.92 Å². The van der Waals surface area contributed by atoms with Gasteiger partial charge < -0.3 is 14.4 Å². The van der Waals surface area contributed by atoms with Gasteiger partial charge in [-0.05, 0) is 69.1 Å². The lowest BCUT2D eigenvalue weighted by Crippen LogP contribution is -2.36. The van der Waals surface area contributed by atoms with E-state index in [4.69, 9.17) is 4.74 Å². The Morgan fingerprint density at radius 2 is 1.90 bits per heavy atom. The first-order valence-corrected chi connectivity index (χ1v) is 10.6. The van der Waals surface area contributed by atoms with Crippen molar-refractivity contribution < 1.29 is 9.84 Å². The van der Waals surface area contributed by atoms with Crippen molar-refractivity contribution in [2.75, 3.05) is 14.2 Å². The molecule has 152 valence electrons. The van der Waals surface area contributed by atoms with E-state index in [1.807, 2.05) is 31.2 Å². The second-order valence-corrected chi connectivity index (χ2v) is 9.09. The summed E-state index contributed by atoms with van der Waals surface area (Å²) >= 11 is 0. The van der Waals surface area contributed by atoms with Crippen LogP contribution in [-0.2, 0) is 18.6 Å². The van der Waals surface area contributed by atoms with Crippen LogP contribution in [-0.4, -0.2) is 34.8 Å². The zero-order valence-electron chi connectivity index (χ0n) is 17.8. The summed E-state index contributed by atoms with van der Waals surface area (Å²) in [6.45, 7) is 4.64. The molecule has 0 spiro atoms. The lowest BCUT2D eigenvalue weighted by Gasteiger charge is -2.33. The molecular formula is C25H30N2O2. The Morgan fingerprint density at radius 3 is 2.62 bits per heavy atom. The fourth-order valence-electron chi connectivity index (χ4n) is 5.50. The number of likely N-dealkylation sites (N-methyl/N-ethyl adjacent to an activating group) is 1. The Hall–Kier alpha value is -2.30. The summed E-state index contributed by atoms with van der Waals surface area (Å²) in [7, 11) is 3.94. The molecule has 4 heteroatoms. The Balaban J connectivity index is 1.63. The Kier molecular flexibility index (Phi) is 4.27. The SMILES string of the molecule is COc1ccc([C@@](C)(O)Cn2c3c(c4cc(C)ccc42)C2CCC(C3)N2C)cc1. The van der Waals surface area contributed by atoms with Crippen LogP contribution in [0.2, 0.25) is 0 Å². The minimum atomic E-state index is -0.959. The molecule has 3 aromatic rings. The van der Waals surface area contributed by atoms with Crippen LogP contribution in [0.25, 0.3) is 10.9 Å². The molecule has 2 aliphatic rings. The number of aryl methyl sites for hydroxylation is 1. The Morgan fingerprint density at radius 1 is 1.14 bits per heavy atom. The molecule has 1 N–H and O–H groups in total. The van der Waals surface area contributed by atoms with Crippen molar-refractivity contribution in [3.8, 4) is 5.75 Å². The van der Waals surface area contributed by atoms with Gasteiger partial charge in [-0.15, -0.1) is 0 Å². The average molecular weight is 391 g/mol. The van der Waals surface area contributed by atoms with Gasteiger partial charge in [-0.2, -0.15) is 0 Å². The van der Waals surface area contributed by atoms with Crippen molar-refractivity contribution >= 4 is 10.9 Å². The second kappa shape index (κ2) is 6.61. The number of aliphatic hydroxyl groups is 1. The van der Waals surface area contributed by atoms with E-state index in [0.29, 0.717) is 18.6 Å². The van der Waals surface area contributed by atoms with Crippen molar-refractivity contribution in [2.45, 2.75) is 57.3 Å². The number of fused-ring (bicyclic) bond motifs is 6. The maximum absolute atomic E-state index is 11.5. The van der Waals surface area contributed by atoms with E-state index in [1.54, 1.807) is 7.11 Å². The Bertz CT molecular complexity index is 1060. The second-order valence-electron chi connectivity index (χ2n) is 9.09. The van der Waals surface area contributed by atoms with Gasteiger partial charge in [-0.25, -0.2) is 0 Å². The highest BCUT2D eigenvalue weighted by Crippen LogP contribution is 2.47. The number of rotatable bonds is 4. The highest BCUT2D eigenvalue weighted by Gasteiger charge is 2.41. The third kappa shape index (κ3) is 2.89. The van der Waals surface area contributed by atoms with Crippen molar-refractivity contribution in [2.24, 2.45) is 0 Å². The highest BCUT2D eigenvalue weighted by atomic mass is 16.5. The van der Waals surface area contributed by atoms with Gasteiger partial charge in [0, 0.05) is 35.1 Å². The predicted molar refractivity (Wildman–Crippen MR) is 116 cm³/mol. The monoisotopic (exact) mass is 390 g/mol. The van der Waals surface area contributed by atoms with Gasteiger partial charge in [0.25, 0.3) is 0 Å². The molecule has 2 unspecified atom stereocenters. The van der Waals surface area contributed by atoms with E-state index in [1.165, 1.54) is 40.6 Å². The Labute approximate surface area is 172 Å². The third-order valence-corrected chi connectivity index (χ3v) is 7.15. The molecule has 1 fully saturated rings. The van der Waals surface area contributed by atoms with Gasteiger partial charge >= 0.3 is 0 Å². The molecule has 3 heterocycles. The topological polar surface area (TPSA) is 37.6 Å². The summed E-state index contributed by atoms with van der Waals surface area (Å²) in [6, 6.07) is 15.7. The van der Waals surface area contributed by atoms with Crippen LogP contribution in [0.4, 0.5) is 0 Å². The predicted octanol–water partition coefficient (Wildman–Crippen LogP) is 4.56. The molecule has 29 heavy (non-hydrogen) atoms. The van der Waals surface area contributed by atoms with Crippen LogP contribution in [0.15, 0.2) is 42.5 Å². The van der Waals surface area contributed by atoms with Gasteiger partial charge in [0.1, 0.15) is 11.4 Å². The molecule has 1 saturated heterocycles. The molecule has 1 aromatic heterocycles. The van der Waals surface area contributed by atoms with E-state index in [-0.39, 0.29) is 0 Å². The number of nitrogens with zero attached hydrogens (tertiary/aromatic N) is 2. The summed E-state index contributed by atoms with van der Waals surface area (Å²) < 4.78 is 7.68. The molecule has 2 aromatic carbocycles. The van der Waals surface area contributed by atoms with Crippen molar-refractivity contribution in [3.63, 3.8) is 0 Å². The molecule has 4 nitrogen and oxygen atoms in total. The van der Waals surface area contributed by atoms with Crippen LogP contribution >= 0.6 is 0 Å². The lowest BCUT2D eigenvalue weighted by molar-refractivity contribution is 0.0381. The number of aromatic nitrogens is 1. The third-order valence-electron chi connectivity index (χ3n) is 7.15. The lowest BCUT2D eigenvalue weighted by atomic mass is 9.95. The number of ether oxygens (including phenoxy) is 1. The first-order chi connectivity index (χ1) is 13.9. The molecule has 5 rings (SSSR count). The van der Waals surface area contributed by atoms with Crippen LogP contribution < -0.4 is 4.74 Å². The van der Waals surface area contributed by atoms with E-state index in [0.717, 1.165) is 17.7 Å². The van der Waals surface area contributed by atoms with E-state index in [2.05, 4.69) is 41.6 Å². The van der Waals surface area contributed by atoms with E-state index >= 15 is 0 Å². The molecule has 0 amide bonds. The average Bonchev–Trinajstić information content (AvgIpc) is 3.11. The van der Waals surface area contributed by atoms with Crippen LogP contribution in [0.3, 0.4) is 0 Å². The molecule has 0 aliphatic carbocycles. The minimum absolute atomic E-state index is 0.500. The quantitative estimate of drug-likeness (QED) is 0.710. The van der Waals surface area contributed by atoms with Crippen LogP contribution in [0.5, 0.6) is 5.75 Å². The fraction of sp³-hybridized carbons (Fsp3) is 0.440. The van der Waals surface area contributed by atoms with Gasteiger partial charge in [0.2, 0.25) is 0 Å². The summed E-state index contributed by atoms with van der Waals surface area (Å²) in [5.74, 6) is 0.809. The smallest absolute Gasteiger partial charge is 0.118 e. The number of methoxy groups -OCH3 is 1. The number of hydrogen-bond acceptors (Lipinski definition) is 3. The van der Waals surface area contributed by atoms with E-state index < -0.39 is 5.60 Å². The summed E-state index contributed by atoms with van der Waals surface area (Å²) in [5, 5.41) is 12.8. The highest BCUT2D eigenvalue weighted by molar-refractivity contribution is 5.87. The van der Waals surface area contributed by atoms with Crippen molar-refractivity contribution in [3.05, 3.63) is 64.8 Å². The van der Waals surface area contributed by atoms with Gasteiger partial charge in [0.05, 0.1) is 13.7 Å². The fourth-order valence-corrected chi connectivity index (χ4v) is 5.50. The zero-order chi connectivity index (χ0) is 20.3. The van der Waals surface area contributed by atoms with Crippen molar-refractivity contribution in [1.29, 1.82) is 0 Å². The van der Waals surface area contributed by atoms with Crippen molar-refractivity contribution in [1.82, 2.24) is 9.47 Å². The minimum Gasteiger partial charge on any atom is -0.497 e. The molecule has 2 bridgehead atoms. The van der Waals surface area contributed by atoms with Gasteiger partial charge in [-0.3, -0.25) is 4.90 Å². The zero-order valence-corrected chi connectivity index (χ0v) is 17.8. The van der Waals surface area contributed by atoms with Gasteiger partial charge in [-0.1, -0.05) is 23.8 Å². The maximum Gasteiger partial charge on any atom is 0.118 e. The molecule has 0 saturated carbocycles. The number of benzene rings is 2.